The van der Waals surface area contributed by atoms with Gasteiger partial charge < -0.3 is 19.4 Å². The fourth-order valence-electron chi connectivity index (χ4n) is 5.19. The summed E-state index contributed by atoms with van der Waals surface area (Å²) in [5.74, 6) is 0.331. The van der Waals surface area contributed by atoms with Gasteiger partial charge in [-0.05, 0) is 57.6 Å². The van der Waals surface area contributed by atoms with E-state index >= 15 is 0 Å². The molecular formula is C24H33Cl2N3O4S. The molecule has 3 atom stereocenters. The summed E-state index contributed by atoms with van der Waals surface area (Å²) >= 11 is 12.6. The molecular weight excluding hydrogens is 497 g/mol. The van der Waals surface area contributed by atoms with E-state index in [1.165, 1.54) is 0 Å². The number of piperidine rings is 2. The minimum atomic E-state index is -0.533. The summed E-state index contributed by atoms with van der Waals surface area (Å²) in [5, 5.41) is 0.978. The molecule has 188 valence electrons. The monoisotopic (exact) mass is 529 g/mol. The number of hydrogen-bond acceptors (Lipinski definition) is 4. The molecule has 2 unspecified atom stereocenters. The highest BCUT2D eigenvalue weighted by atomic mass is 35.5. The Balaban J connectivity index is 0.00000324. The minimum Gasteiger partial charge on any atom is -0.444 e. The minimum absolute atomic E-state index is 0. The van der Waals surface area contributed by atoms with Crippen molar-refractivity contribution in [3.05, 3.63) is 33.8 Å². The summed E-state index contributed by atoms with van der Waals surface area (Å²) < 4.78 is 5.54. The van der Waals surface area contributed by atoms with Crippen LogP contribution >= 0.6 is 36.7 Å². The number of carbonyl (C=O) groups is 3. The molecule has 3 saturated heterocycles. The van der Waals surface area contributed by atoms with Crippen LogP contribution in [-0.2, 0) is 20.9 Å². The summed E-state index contributed by atoms with van der Waals surface area (Å²) in [7, 11) is 0. The van der Waals surface area contributed by atoms with E-state index in [1.54, 1.807) is 28.0 Å². The quantitative estimate of drug-likeness (QED) is 0.584. The van der Waals surface area contributed by atoms with E-state index in [9.17, 15) is 14.4 Å². The van der Waals surface area contributed by atoms with Gasteiger partial charge in [0.15, 0.2) is 0 Å². The summed E-state index contributed by atoms with van der Waals surface area (Å²) in [6, 6.07) is 4.73. The molecule has 1 aromatic rings. The summed E-state index contributed by atoms with van der Waals surface area (Å²) in [6.07, 6.45) is 1.54. The van der Waals surface area contributed by atoms with Crippen LogP contribution < -0.4 is 0 Å². The van der Waals surface area contributed by atoms with Gasteiger partial charge >= 0.3 is 6.09 Å². The van der Waals surface area contributed by atoms with Crippen molar-refractivity contribution in [3.63, 3.8) is 0 Å². The zero-order valence-electron chi connectivity index (χ0n) is 19.9. The molecule has 0 spiro atoms. The second-order valence-corrected chi connectivity index (χ2v) is 11.2. The molecule has 3 aliphatic rings. The maximum atomic E-state index is 13.5. The topological polar surface area (TPSA) is 70.2 Å². The van der Waals surface area contributed by atoms with Gasteiger partial charge in [-0.3, -0.25) is 9.59 Å². The summed E-state index contributed by atoms with van der Waals surface area (Å²) in [5.41, 5.74) is 0.131. The van der Waals surface area contributed by atoms with Crippen LogP contribution in [0.2, 0.25) is 10.0 Å². The van der Waals surface area contributed by atoms with Gasteiger partial charge in [0.1, 0.15) is 11.6 Å². The Kier molecular flexibility index (Phi) is 8.36. The number of ether oxygens (including phenoxy) is 1. The first-order valence-corrected chi connectivity index (χ1v) is 12.3. The lowest BCUT2D eigenvalue weighted by Crippen LogP contribution is -2.58. The number of rotatable bonds is 3. The highest BCUT2D eigenvalue weighted by Gasteiger charge is 2.43. The Morgan fingerprint density at radius 3 is 2.15 bits per heavy atom. The standard InChI is InChI=1S/C24H31Cl2N3O4.H2S/c1-24(2,3)33-23(32)28-12-15-9-16(13-28)11-27(10-15)22(31)20-7-8-21(30)29(20)14-17-18(25)5-4-6-19(17)26;/h4-6,15-16,20H,7-14H2,1-3H3;1H2/t15?,16?,20-;/m0./s1. The normalized spacial score (nSPS) is 24.7. The average Bonchev–Trinajstić information content (AvgIpc) is 3.08. The zero-order chi connectivity index (χ0) is 23.9. The van der Waals surface area contributed by atoms with Crippen LogP contribution in [0.3, 0.4) is 0 Å². The number of likely N-dealkylation sites (tertiary alicyclic amines) is 3. The van der Waals surface area contributed by atoms with Gasteiger partial charge in [0.2, 0.25) is 11.8 Å². The smallest absolute Gasteiger partial charge is 0.410 e. The van der Waals surface area contributed by atoms with Gasteiger partial charge in [0.25, 0.3) is 0 Å². The van der Waals surface area contributed by atoms with Gasteiger partial charge in [-0.2, -0.15) is 13.5 Å². The van der Waals surface area contributed by atoms with Gasteiger partial charge in [-0.1, -0.05) is 29.3 Å². The van der Waals surface area contributed by atoms with Crippen molar-refractivity contribution < 1.29 is 19.1 Å². The number of amides is 3. The van der Waals surface area contributed by atoms with Crippen LogP contribution in [0.1, 0.15) is 45.6 Å². The van der Waals surface area contributed by atoms with Crippen LogP contribution in [0.25, 0.3) is 0 Å². The Bertz CT molecular complexity index is 920. The number of halogens is 2. The first-order valence-electron chi connectivity index (χ1n) is 11.5. The van der Waals surface area contributed by atoms with Crippen molar-refractivity contribution in [1.29, 1.82) is 0 Å². The van der Waals surface area contributed by atoms with Crippen molar-refractivity contribution in [2.24, 2.45) is 11.8 Å². The van der Waals surface area contributed by atoms with Gasteiger partial charge in [-0.15, -0.1) is 0 Å². The van der Waals surface area contributed by atoms with Gasteiger partial charge in [0, 0.05) is 54.8 Å². The maximum Gasteiger partial charge on any atom is 0.410 e. The summed E-state index contributed by atoms with van der Waals surface area (Å²) in [6.45, 7) is 8.14. The van der Waals surface area contributed by atoms with E-state index in [2.05, 4.69) is 0 Å². The number of benzene rings is 1. The third kappa shape index (κ3) is 5.94. The van der Waals surface area contributed by atoms with Crippen LogP contribution in [0, 0.1) is 11.8 Å². The molecule has 0 aromatic heterocycles. The van der Waals surface area contributed by atoms with Gasteiger partial charge in [-0.25, -0.2) is 4.79 Å². The van der Waals surface area contributed by atoms with E-state index in [4.69, 9.17) is 27.9 Å². The van der Waals surface area contributed by atoms with E-state index in [-0.39, 0.29) is 49.8 Å². The molecule has 3 aliphatic heterocycles. The molecule has 0 saturated carbocycles. The third-order valence-electron chi connectivity index (χ3n) is 6.55. The Labute approximate surface area is 218 Å². The van der Waals surface area contributed by atoms with Crippen LogP contribution in [0.15, 0.2) is 18.2 Å². The van der Waals surface area contributed by atoms with Crippen LogP contribution in [0.5, 0.6) is 0 Å². The van der Waals surface area contributed by atoms with E-state index in [0.717, 1.165) is 6.42 Å². The van der Waals surface area contributed by atoms with E-state index in [1.807, 2.05) is 25.7 Å². The molecule has 7 nitrogen and oxygen atoms in total. The Morgan fingerprint density at radius 1 is 1.03 bits per heavy atom. The number of fused-ring (bicyclic) bond motifs is 2. The lowest BCUT2D eigenvalue weighted by atomic mass is 9.84. The number of carbonyl (C=O) groups excluding carboxylic acids is 3. The van der Waals surface area contributed by atoms with E-state index < -0.39 is 11.6 Å². The first kappa shape index (κ1) is 27.0. The molecule has 4 rings (SSSR count). The predicted molar refractivity (Wildman–Crippen MR) is 136 cm³/mol. The third-order valence-corrected chi connectivity index (χ3v) is 7.26. The molecule has 3 amide bonds. The first-order chi connectivity index (χ1) is 15.5. The Hall–Kier alpha value is -1.64. The molecule has 3 heterocycles. The largest absolute Gasteiger partial charge is 0.444 e. The second-order valence-electron chi connectivity index (χ2n) is 10.4. The zero-order valence-corrected chi connectivity index (χ0v) is 22.4. The molecule has 0 radical (unpaired) electrons. The van der Waals surface area contributed by atoms with Crippen molar-refractivity contribution in [2.75, 3.05) is 26.2 Å². The molecule has 0 aliphatic carbocycles. The SMILES string of the molecule is CC(C)(C)OC(=O)N1CC2CC(C1)CN(C(=O)[C@@H]1CCC(=O)N1Cc1c(Cl)cccc1Cl)C2.S. The van der Waals surface area contributed by atoms with Gasteiger partial charge in [0.05, 0.1) is 0 Å². The van der Waals surface area contributed by atoms with Crippen molar-refractivity contribution in [1.82, 2.24) is 14.7 Å². The van der Waals surface area contributed by atoms with Crippen molar-refractivity contribution in [3.8, 4) is 0 Å². The fraction of sp³-hybridized carbons (Fsp3) is 0.625. The fourth-order valence-corrected chi connectivity index (χ4v) is 5.71. The summed E-state index contributed by atoms with van der Waals surface area (Å²) in [4.78, 5) is 44.0. The van der Waals surface area contributed by atoms with Crippen molar-refractivity contribution >= 4 is 54.6 Å². The Morgan fingerprint density at radius 2 is 1.59 bits per heavy atom. The number of hydrogen-bond donors (Lipinski definition) is 0. The average molecular weight is 531 g/mol. The van der Waals surface area contributed by atoms with E-state index in [0.29, 0.717) is 54.6 Å². The highest BCUT2D eigenvalue weighted by molar-refractivity contribution is 7.59. The molecule has 3 fully saturated rings. The molecule has 1 aromatic carbocycles. The van der Waals surface area contributed by atoms with Crippen LogP contribution in [-0.4, -0.2) is 70.4 Å². The maximum absolute atomic E-state index is 13.5. The molecule has 10 heteroatoms. The molecule has 0 N–H and O–H groups in total. The van der Waals surface area contributed by atoms with Crippen molar-refractivity contribution in [2.45, 2.75) is 58.2 Å². The molecule has 2 bridgehead atoms. The lowest BCUT2D eigenvalue weighted by molar-refractivity contribution is -0.145. The molecule has 34 heavy (non-hydrogen) atoms. The second kappa shape index (κ2) is 10.5. The highest BCUT2D eigenvalue weighted by Crippen LogP contribution is 2.33. The van der Waals surface area contributed by atoms with Crippen LogP contribution in [0.4, 0.5) is 4.79 Å². The predicted octanol–water partition coefficient (Wildman–Crippen LogP) is 4.31. The number of nitrogens with zero attached hydrogens (tertiary/aromatic N) is 3. The lowest BCUT2D eigenvalue weighted by Gasteiger charge is -2.46.